The van der Waals surface area contributed by atoms with Crippen molar-refractivity contribution in [3.8, 4) is 0 Å². The third kappa shape index (κ3) is 2.65. The molecule has 0 aliphatic carbocycles. The van der Waals surface area contributed by atoms with E-state index in [0.29, 0.717) is 6.54 Å². The summed E-state index contributed by atoms with van der Waals surface area (Å²) in [7, 11) is 0. The van der Waals surface area contributed by atoms with E-state index in [0.717, 1.165) is 16.6 Å². The zero-order valence-corrected chi connectivity index (χ0v) is 10.6. The number of rotatable bonds is 3. The van der Waals surface area contributed by atoms with Crippen molar-refractivity contribution in [1.82, 2.24) is 10.3 Å². The Labute approximate surface area is 108 Å². The van der Waals surface area contributed by atoms with Gasteiger partial charge in [0.1, 0.15) is 5.82 Å². The molecule has 3 N–H and O–H groups in total. The normalized spacial score (nSPS) is 10.3. The first-order chi connectivity index (χ1) is 8.58. The first-order valence-electron chi connectivity index (χ1n) is 5.30. The van der Waals surface area contributed by atoms with Crippen LogP contribution in [-0.2, 0) is 6.54 Å². The largest absolute Gasteiger partial charge is 0.398 e. The van der Waals surface area contributed by atoms with Gasteiger partial charge in [0.15, 0.2) is 0 Å². The number of aromatic nitrogens is 1. The molecule has 0 radical (unpaired) electrons. The van der Waals surface area contributed by atoms with Gasteiger partial charge >= 0.3 is 0 Å². The monoisotopic (exact) mass is 265 g/mol. The van der Waals surface area contributed by atoms with Crippen molar-refractivity contribution in [3.63, 3.8) is 0 Å². The van der Waals surface area contributed by atoms with Gasteiger partial charge in [0, 0.05) is 10.6 Å². The molecule has 4 nitrogen and oxygen atoms in total. The average molecular weight is 265 g/mol. The molecule has 0 unspecified atom stereocenters. The lowest BCUT2D eigenvalue weighted by Crippen LogP contribution is -2.23. The smallest absolute Gasteiger partial charge is 0.253 e. The van der Waals surface area contributed by atoms with Crippen LogP contribution >= 0.6 is 11.3 Å². The number of nitrogen functional groups attached to an aromatic ring is 1. The summed E-state index contributed by atoms with van der Waals surface area (Å²) < 4.78 is 13.0. The molecule has 18 heavy (non-hydrogen) atoms. The zero-order valence-electron chi connectivity index (χ0n) is 9.74. The van der Waals surface area contributed by atoms with E-state index in [2.05, 4.69) is 10.3 Å². The van der Waals surface area contributed by atoms with Crippen LogP contribution in [0, 0.1) is 12.7 Å². The number of benzene rings is 1. The van der Waals surface area contributed by atoms with Crippen LogP contribution in [0.3, 0.4) is 0 Å². The Morgan fingerprint density at radius 1 is 1.56 bits per heavy atom. The molecule has 1 aromatic carbocycles. The Morgan fingerprint density at radius 2 is 2.33 bits per heavy atom. The summed E-state index contributed by atoms with van der Waals surface area (Å²) in [4.78, 5) is 16.9. The third-order valence-electron chi connectivity index (χ3n) is 2.51. The fraction of sp³-hybridized carbons (Fsp3) is 0.167. The van der Waals surface area contributed by atoms with Gasteiger partial charge < -0.3 is 11.1 Å². The Hall–Kier alpha value is -1.95. The molecule has 1 heterocycles. The number of aryl methyl sites for hydroxylation is 1. The second-order valence-electron chi connectivity index (χ2n) is 3.78. The Bertz CT molecular complexity index is 582. The Kier molecular flexibility index (Phi) is 3.57. The number of anilines is 1. The molecule has 0 spiro atoms. The quantitative estimate of drug-likeness (QED) is 0.835. The Balaban J connectivity index is 2.08. The predicted molar refractivity (Wildman–Crippen MR) is 68.8 cm³/mol. The first kappa shape index (κ1) is 12.5. The maximum Gasteiger partial charge on any atom is 0.253 e. The van der Waals surface area contributed by atoms with Gasteiger partial charge in [-0.1, -0.05) is 0 Å². The second kappa shape index (κ2) is 5.14. The zero-order chi connectivity index (χ0) is 13.1. The van der Waals surface area contributed by atoms with Gasteiger partial charge in [-0.3, -0.25) is 4.79 Å². The molecule has 0 fully saturated rings. The van der Waals surface area contributed by atoms with Gasteiger partial charge in [0.05, 0.1) is 23.3 Å². The minimum Gasteiger partial charge on any atom is -0.398 e. The molecule has 0 saturated heterocycles. The van der Waals surface area contributed by atoms with Crippen LogP contribution in [0.15, 0.2) is 23.7 Å². The van der Waals surface area contributed by atoms with Gasteiger partial charge in [0.25, 0.3) is 5.91 Å². The number of carbonyl (C=O) groups excluding carboxylic acids is 1. The molecule has 1 amide bonds. The second-order valence-corrected chi connectivity index (χ2v) is 4.71. The van der Waals surface area contributed by atoms with E-state index in [1.165, 1.54) is 23.5 Å². The molecule has 1 aromatic heterocycles. The maximum atomic E-state index is 13.0. The lowest BCUT2D eigenvalue weighted by atomic mass is 10.1. The molecule has 0 aliphatic heterocycles. The first-order valence-corrected chi connectivity index (χ1v) is 6.18. The number of nitrogens with one attached hydrogen (secondary N) is 1. The maximum absolute atomic E-state index is 13.0. The van der Waals surface area contributed by atoms with E-state index in [4.69, 9.17) is 5.73 Å². The van der Waals surface area contributed by atoms with Gasteiger partial charge in [-0.05, 0) is 25.1 Å². The standard InChI is InChI=1S/C12H12FN3OS/c1-7-11(18-6-16-7)5-15-12(17)9-4-8(13)2-3-10(9)14/h2-4,6H,5,14H2,1H3,(H,15,17). The van der Waals surface area contributed by atoms with Crippen molar-refractivity contribution in [2.24, 2.45) is 0 Å². The van der Waals surface area contributed by atoms with E-state index in [1.807, 2.05) is 6.92 Å². The van der Waals surface area contributed by atoms with Crippen molar-refractivity contribution < 1.29 is 9.18 Å². The van der Waals surface area contributed by atoms with Gasteiger partial charge in [-0.2, -0.15) is 0 Å². The summed E-state index contributed by atoms with van der Waals surface area (Å²) in [5, 5.41) is 2.70. The summed E-state index contributed by atoms with van der Waals surface area (Å²) in [5.74, 6) is -0.872. The number of hydrogen-bond acceptors (Lipinski definition) is 4. The molecular formula is C12H12FN3OS. The summed E-state index contributed by atoms with van der Waals surface area (Å²) in [6, 6.07) is 3.73. The number of thiazole rings is 1. The fourth-order valence-corrected chi connectivity index (χ4v) is 2.19. The SMILES string of the molecule is Cc1ncsc1CNC(=O)c1cc(F)ccc1N. The fourth-order valence-electron chi connectivity index (χ4n) is 1.48. The van der Waals surface area contributed by atoms with Crippen LogP contribution < -0.4 is 11.1 Å². The van der Waals surface area contributed by atoms with E-state index in [1.54, 1.807) is 5.51 Å². The van der Waals surface area contributed by atoms with Gasteiger partial charge in [-0.25, -0.2) is 9.37 Å². The summed E-state index contributed by atoms with van der Waals surface area (Å²) >= 11 is 1.46. The topological polar surface area (TPSA) is 68.0 Å². The molecule has 0 bridgehead atoms. The highest BCUT2D eigenvalue weighted by atomic mass is 32.1. The molecule has 6 heteroatoms. The van der Waals surface area contributed by atoms with E-state index in [-0.39, 0.29) is 17.2 Å². The number of nitrogens with zero attached hydrogens (tertiary/aromatic N) is 1. The molecule has 94 valence electrons. The molecular weight excluding hydrogens is 253 g/mol. The van der Waals surface area contributed by atoms with Crippen LogP contribution in [0.25, 0.3) is 0 Å². The molecule has 2 aromatic rings. The lowest BCUT2D eigenvalue weighted by molar-refractivity contribution is 0.0951. The highest BCUT2D eigenvalue weighted by molar-refractivity contribution is 7.09. The summed E-state index contributed by atoms with van der Waals surface area (Å²) in [6.45, 7) is 2.24. The van der Waals surface area contributed by atoms with Crippen molar-refractivity contribution in [2.45, 2.75) is 13.5 Å². The minimum absolute atomic E-state index is 0.150. The number of carbonyl (C=O) groups is 1. The van der Waals surface area contributed by atoms with Crippen molar-refractivity contribution >= 4 is 22.9 Å². The van der Waals surface area contributed by atoms with E-state index < -0.39 is 5.82 Å². The van der Waals surface area contributed by atoms with Crippen LogP contribution in [0.1, 0.15) is 20.9 Å². The summed E-state index contributed by atoms with van der Waals surface area (Å²) in [5.41, 5.74) is 8.64. The molecule has 2 rings (SSSR count). The Morgan fingerprint density at radius 3 is 3.00 bits per heavy atom. The highest BCUT2D eigenvalue weighted by Gasteiger charge is 2.11. The molecule has 0 saturated carbocycles. The predicted octanol–water partition coefficient (Wildman–Crippen LogP) is 2.10. The molecule has 0 aliphatic rings. The molecule has 0 atom stereocenters. The third-order valence-corrected chi connectivity index (χ3v) is 3.45. The van der Waals surface area contributed by atoms with Gasteiger partial charge in [0.2, 0.25) is 0 Å². The van der Waals surface area contributed by atoms with Crippen LogP contribution in [-0.4, -0.2) is 10.9 Å². The van der Waals surface area contributed by atoms with Crippen molar-refractivity contribution in [3.05, 3.63) is 45.7 Å². The number of amides is 1. The van der Waals surface area contributed by atoms with Gasteiger partial charge in [-0.15, -0.1) is 11.3 Å². The van der Waals surface area contributed by atoms with E-state index in [9.17, 15) is 9.18 Å². The van der Waals surface area contributed by atoms with Crippen molar-refractivity contribution in [2.75, 3.05) is 5.73 Å². The minimum atomic E-state index is -0.483. The lowest BCUT2D eigenvalue weighted by Gasteiger charge is -2.07. The van der Waals surface area contributed by atoms with Crippen LogP contribution in [0.4, 0.5) is 10.1 Å². The average Bonchev–Trinajstić information content (AvgIpc) is 2.75. The van der Waals surface area contributed by atoms with Crippen LogP contribution in [0.5, 0.6) is 0 Å². The number of hydrogen-bond donors (Lipinski definition) is 2. The highest BCUT2D eigenvalue weighted by Crippen LogP contribution is 2.15. The van der Waals surface area contributed by atoms with Crippen molar-refractivity contribution in [1.29, 1.82) is 0 Å². The summed E-state index contributed by atoms with van der Waals surface area (Å²) in [6.07, 6.45) is 0. The van der Waals surface area contributed by atoms with Crippen LogP contribution in [0.2, 0.25) is 0 Å². The van der Waals surface area contributed by atoms with E-state index >= 15 is 0 Å². The number of halogens is 1. The number of nitrogens with two attached hydrogens (primary N) is 1.